The number of carbonyl (C=O) groups is 2. The first-order valence-electron chi connectivity index (χ1n) is 6.60. The number of pyridine rings is 1. The van der Waals surface area contributed by atoms with E-state index in [4.69, 9.17) is 0 Å². The Morgan fingerprint density at radius 3 is 2.85 bits per heavy atom. The summed E-state index contributed by atoms with van der Waals surface area (Å²) in [6.07, 6.45) is 3.08. The van der Waals surface area contributed by atoms with Crippen LogP contribution in [0.4, 0.5) is 0 Å². The summed E-state index contributed by atoms with van der Waals surface area (Å²) in [6.45, 7) is 1.70. The van der Waals surface area contributed by atoms with Crippen molar-refractivity contribution in [1.82, 2.24) is 10.3 Å². The topological polar surface area (TPSA) is 79.3 Å². The molecule has 1 amide bonds. The number of hydrogen-bond acceptors (Lipinski definition) is 3. The molecular formula is C14H17BrN2O3. The Kier molecular flexibility index (Phi) is 4.42. The number of hydrogen-bond donors (Lipinski definition) is 2. The van der Waals surface area contributed by atoms with Crippen LogP contribution in [0.25, 0.3) is 0 Å². The van der Waals surface area contributed by atoms with Gasteiger partial charge < -0.3 is 10.4 Å². The fraction of sp³-hybridized carbons (Fsp3) is 0.500. The molecule has 0 aromatic carbocycles. The Morgan fingerprint density at radius 2 is 2.20 bits per heavy atom. The Hall–Kier alpha value is -1.43. The lowest BCUT2D eigenvalue weighted by Gasteiger charge is -2.38. The maximum atomic E-state index is 12.2. The summed E-state index contributed by atoms with van der Waals surface area (Å²) in [7, 11) is 0. The molecule has 1 aliphatic rings. The zero-order chi connectivity index (χ0) is 14.8. The second-order valence-corrected chi connectivity index (χ2v) is 6.15. The molecule has 2 N–H and O–H groups in total. The molecule has 6 heteroatoms. The van der Waals surface area contributed by atoms with Crippen LogP contribution < -0.4 is 5.32 Å². The lowest BCUT2D eigenvalue weighted by Crippen LogP contribution is -2.52. The number of carboxylic acids is 1. The van der Waals surface area contributed by atoms with E-state index in [-0.39, 0.29) is 17.6 Å². The fourth-order valence-electron chi connectivity index (χ4n) is 2.59. The summed E-state index contributed by atoms with van der Waals surface area (Å²) in [5.74, 6) is -1.18. The summed E-state index contributed by atoms with van der Waals surface area (Å²) in [5, 5.41) is 12.3. The predicted molar refractivity (Wildman–Crippen MR) is 77.4 cm³/mol. The summed E-state index contributed by atoms with van der Waals surface area (Å²) in [5.41, 5.74) is -0.613. The number of carbonyl (C=O) groups excluding carboxylic acids is 1. The van der Waals surface area contributed by atoms with Gasteiger partial charge in [-0.2, -0.15) is 0 Å². The summed E-state index contributed by atoms with van der Waals surface area (Å²) in [4.78, 5) is 27.8. The van der Waals surface area contributed by atoms with E-state index in [1.54, 1.807) is 25.1 Å². The first-order valence-corrected chi connectivity index (χ1v) is 7.39. The molecule has 108 valence electrons. The number of nitrogens with zero attached hydrogens (tertiary/aromatic N) is 1. The molecule has 0 saturated heterocycles. The summed E-state index contributed by atoms with van der Waals surface area (Å²) in [6, 6.07) is 4.71. The van der Waals surface area contributed by atoms with Crippen LogP contribution in [0.3, 0.4) is 0 Å². The number of carboxylic acid groups (broad SMARTS) is 1. The second-order valence-electron chi connectivity index (χ2n) is 5.34. The molecule has 1 saturated carbocycles. The third-order valence-electron chi connectivity index (χ3n) is 3.95. The highest BCUT2D eigenvalue weighted by molar-refractivity contribution is 9.10. The number of halogens is 1. The van der Waals surface area contributed by atoms with E-state index in [0.29, 0.717) is 17.4 Å². The Bertz CT molecular complexity index is 535. The third-order valence-corrected chi connectivity index (χ3v) is 4.39. The number of aliphatic carboxylic acids is 1. The van der Waals surface area contributed by atoms with Crippen LogP contribution in [0, 0.1) is 5.41 Å². The van der Waals surface area contributed by atoms with E-state index in [0.717, 1.165) is 12.8 Å². The van der Waals surface area contributed by atoms with Crippen LogP contribution >= 0.6 is 15.9 Å². The average molecular weight is 341 g/mol. The van der Waals surface area contributed by atoms with Crippen LogP contribution in [-0.4, -0.2) is 28.0 Å². The molecule has 1 aromatic rings. The van der Waals surface area contributed by atoms with Crippen molar-refractivity contribution in [2.45, 2.75) is 38.6 Å². The number of nitrogens with one attached hydrogen (secondary N) is 1. The first-order chi connectivity index (χ1) is 9.43. The zero-order valence-corrected chi connectivity index (χ0v) is 12.8. The second kappa shape index (κ2) is 5.91. The van der Waals surface area contributed by atoms with Crippen molar-refractivity contribution in [1.29, 1.82) is 0 Å². The monoisotopic (exact) mass is 340 g/mol. The molecule has 20 heavy (non-hydrogen) atoms. The van der Waals surface area contributed by atoms with E-state index < -0.39 is 11.4 Å². The molecule has 1 aromatic heterocycles. The molecule has 5 nitrogen and oxygen atoms in total. The van der Waals surface area contributed by atoms with Gasteiger partial charge in [-0.1, -0.05) is 18.9 Å². The van der Waals surface area contributed by atoms with Gasteiger partial charge in [0.2, 0.25) is 0 Å². The quantitative estimate of drug-likeness (QED) is 0.829. The average Bonchev–Trinajstić information content (AvgIpc) is 2.41. The molecule has 0 radical (unpaired) electrons. The van der Waals surface area contributed by atoms with Crippen LogP contribution in [0.2, 0.25) is 0 Å². The number of amides is 1. The predicted octanol–water partition coefficient (Wildman–Crippen LogP) is 2.61. The molecule has 1 heterocycles. The lowest BCUT2D eigenvalue weighted by atomic mass is 9.71. The molecule has 2 unspecified atom stereocenters. The Labute approximate surface area is 125 Å². The van der Waals surface area contributed by atoms with Gasteiger partial charge in [0.25, 0.3) is 5.91 Å². The first kappa shape index (κ1) is 15.0. The van der Waals surface area contributed by atoms with Crippen molar-refractivity contribution in [3.63, 3.8) is 0 Å². The van der Waals surface area contributed by atoms with Crippen LogP contribution in [0.15, 0.2) is 22.8 Å². The van der Waals surface area contributed by atoms with E-state index in [1.807, 2.05) is 0 Å². The van der Waals surface area contributed by atoms with Crippen molar-refractivity contribution >= 4 is 27.8 Å². The van der Waals surface area contributed by atoms with Crippen LogP contribution in [0.1, 0.15) is 43.1 Å². The zero-order valence-electron chi connectivity index (χ0n) is 11.2. The van der Waals surface area contributed by atoms with Crippen LogP contribution in [-0.2, 0) is 4.79 Å². The van der Waals surface area contributed by atoms with Gasteiger partial charge in [0.05, 0.1) is 5.41 Å². The SMILES string of the molecule is CC1(C(=O)O)CCCCC1NC(=O)c1cccc(Br)n1. The van der Waals surface area contributed by atoms with Gasteiger partial charge in [-0.15, -0.1) is 0 Å². The smallest absolute Gasteiger partial charge is 0.311 e. The van der Waals surface area contributed by atoms with Gasteiger partial charge in [0.1, 0.15) is 10.3 Å². The standard InChI is InChI=1S/C14H17BrN2O3/c1-14(13(19)20)8-3-2-6-10(14)17-12(18)9-5-4-7-11(15)16-9/h4-5,7,10H,2-3,6,8H2,1H3,(H,17,18)(H,19,20). The fourth-order valence-corrected chi connectivity index (χ4v) is 2.93. The molecule has 0 bridgehead atoms. The highest BCUT2D eigenvalue weighted by atomic mass is 79.9. The van der Waals surface area contributed by atoms with Gasteiger partial charge in [0.15, 0.2) is 0 Å². The van der Waals surface area contributed by atoms with Crippen molar-refractivity contribution in [3.05, 3.63) is 28.5 Å². The van der Waals surface area contributed by atoms with E-state index in [2.05, 4.69) is 26.2 Å². The molecule has 1 fully saturated rings. The molecule has 2 atom stereocenters. The van der Waals surface area contributed by atoms with E-state index >= 15 is 0 Å². The van der Waals surface area contributed by atoms with Crippen molar-refractivity contribution < 1.29 is 14.7 Å². The minimum atomic E-state index is -0.903. The number of aromatic nitrogens is 1. The van der Waals surface area contributed by atoms with Crippen molar-refractivity contribution in [2.75, 3.05) is 0 Å². The lowest BCUT2D eigenvalue weighted by molar-refractivity contribution is -0.151. The van der Waals surface area contributed by atoms with Crippen molar-refractivity contribution in [2.24, 2.45) is 5.41 Å². The molecule has 1 aliphatic carbocycles. The molecule has 2 rings (SSSR count). The Morgan fingerprint density at radius 1 is 1.45 bits per heavy atom. The van der Waals surface area contributed by atoms with Crippen molar-refractivity contribution in [3.8, 4) is 0 Å². The van der Waals surface area contributed by atoms with Gasteiger partial charge >= 0.3 is 5.97 Å². The third kappa shape index (κ3) is 3.00. The minimum absolute atomic E-state index is 0.290. The summed E-state index contributed by atoms with van der Waals surface area (Å²) < 4.78 is 0.579. The Balaban J connectivity index is 2.15. The van der Waals surface area contributed by atoms with Crippen LogP contribution in [0.5, 0.6) is 0 Å². The molecule has 0 spiro atoms. The van der Waals surface area contributed by atoms with E-state index in [9.17, 15) is 14.7 Å². The highest BCUT2D eigenvalue weighted by Gasteiger charge is 2.43. The van der Waals surface area contributed by atoms with E-state index in [1.165, 1.54) is 0 Å². The minimum Gasteiger partial charge on any atom is -0.481 e. The normalized spacial score (nSPS) is 26.0. The summed E-state index contributed by atoms with van der Waals surface area (Å²) >= 11 is 3.22. The maximum absolute atomic E-state index is 12.2. The maximum Gasteiger partial charge on any atom is 0.311 e. The number of rotatable bonds is 3. The van der Waals surface area contributed by atoms with Gasteiger partial charge in [-0.05, 0) is 47.8 Å². The largest absolute Gasteiger partial charge is 0.481 e. The highest BCUT2D eigenvalue weighted by Crippen LogP contribution is 2.36. The van der Waals surface area contributed by atoms with Gasteiger partial charge in [-0.25, -0.2) is 4.98 Å². The van der Waals surface area contributed by atoms with Gasteiger partial charge in [0, 0.05) is 6.04 Å². The molecular weight excluding hydrogens is 324 g/mol. The van der Waals surface area contributed by atoms with Gasteiger partial charge in [-0.3, -0.25) is 9.59 Å². The molecule has 0 aliphatic heterocycles.